The maximum Gasteiger partial charge on any atom is 0.185 e. The molecule has 0 aliphatic rings. The number of rotatable bonds is 6. The Bertz CT molecular complexity index is 591. The lowest BCUT2D eigenvalue weighted by Crippen LogP contribution is -2.16. The van der Waals surface area contributed by atoms with Gasteiger partial charge in [-0.1, -0.05) is 43.7 Å². The summed E-state index contributed by atoms with van der Waals surface area (Å²) < 4.78 is 0. The van der Waals surface area contributed by atoms with Gasteiger partial charge in [-0.3, -0.25) is 0 Å². The molecule has 1 aromatic heterocycles. The predicted molar refractivity (Wildman–Crippen MR) is 92.0 cm³/mol. The maximum atomic E-state index is 5.88. The van der Waals surface area contributed by atoms with Crippen molar-refractivity contribution < 1.29 is 0 Å². The topological polar surface area (TPSA) is 42.2 Å². The Kier molecular flexibility index (Phi) is 5.37. The Hall–Kier alpha value is -1.39. The Morgan fingerprint density at radius 2 is 2.14 bits per heavy atom. The molecule has 0 bridgehead atoms. The standard InChI is InChI=1S/C17H25N3S/c1-5-13(3)16-15(10-18)21-17(19-16)20(4)11-14-8-6-7-12(2)9-14/h6-9,13H,5,10-11,18H2,1-4H3. The van der Waals surface area contributed by atoms with E-state index in [1.54, 1.807) is 11.3 Å². The molecule has 1 atom stereocenters. The summed E-state index contributed by atoms with van der Waals surface area (Å²) in [6.07, 6.45) is 1.10. The molecule has 0 amide bonds. The minimum absolute atomic E-state index is 0.473. The van der Waals surface area contributed by atoms with E-state index in [1.165, 1.54) is 21.7 Å². The minimum atomic E-state index is 0.473. The van der Waals surface area contributed by atoms with Gasteiger partial charge in [0.05, 0.1) is 5.69 Å². The van der Waals surface area contributed by atoms with Gasteiger partial charge in [0, 0.05) is 25.0 Å². The van der Waals surface area contributed by atoms with Crippen LogP contribution in [0.5, 0.6) is 0 Å². The summed E-state index contributed by atoms with van der Waals surface area (Å²) in [5.74, 6) is 0.473. The van der Waals surface area contributed by atoms with Gasteiger partial charge in [-0.25, -0.2) is 4.98 Å². The summed E-state index contributed by atoms with van der Waals surface area (Å²) in [5.41, 5.74) is 9.66. The van der Waals surface area contributed by atoms with E-state index < -0.39 is 0 Å². The molecular weight excluding hydrogens is 278 g/mol. The first-order valence-electron chi connectivity index (χ1n) is 7.51. The molecule has 2 rings (SSSR count). The van der Waals surface area contributed by atoms with Crippen LogP contribution in [0.15, 0.2) is 24.3 Å². The minimum Gasteiger partial charge on any atom is -0.347 e. The quantitative estimate of drug-likeness (QED) is 0.875. The Morgan fingerprint density at radius 1 is 1.38 bits per heavy atom. The van der Waals surface area contributed by atoms with Crippen LogP contribution in [0.3, 0.4) is 0 Å². The summed E-state index contributed by atoms with van der Waals surface area (Å²) in [6, 6.07) is 8.62. The number of aryl methyl sites for hydroxylation is 1. The van der Waals surface area contributed by atoms with Crippen LogP contribution in [-0.2, 0) is 13.1 Å². The van der Waals surface area contributed by atoms with Gasteiger partial charge >= 0.3 is 0 Å². The van der Waals surface area contributed by atoms with E-state index in [0.29, 0.717) is 12.5 Å². The van der Waals surface area contributed by atoms with Crippen molar-refractivity contribution in [1.29, 1.82) is 0 Å². The Morgan fingerprint density at radius 3 is 2.76 bits per heavy atom. The molecule has 0 aliphatic heterocycles. The van der Waals surface area contributed by atoms with Crippen LogP contribution in [0.25, 0.3) is 0 Å². The van der Waals surface area contributed by atoms with Gasteiger partial charge in [-0.15, -0.1) is 11.3 Å². The van der Waals surface area contributed by atoms with E-state index in [1.807, 2.05) is 0 Å². The molecule has 0 saturated heterocycles. The van der Waals surface area contributed by atoms with Crippen molar-refractivity contribution in [3.8, 4) is 0 Å². The highest BCUT2D eigenvalue weighted by atomic mass is 32.1. The molecule has 21 heavy (non-hydrogen) atoms. The van der Waals surface area contributed by atoms with Gasteiger partial charge in [0.25, 0.3) is 0 Å². The maximum absolute atomic E-state index is 5.88. The number of thiazole rings is 1. The van der Waals surface area contributed by atoms with Crippen LogP contribution in [0.2, 0.25) is 0 Å². The average molecular weight is 303 g/mol. The SMILES string of the molecule is CCC(C)c1nc(N(C)Cc2cccc(C)c2)sc1CN. The van der Waals surface area contributed by atoms with Crippen molar-refractivity contribution in [1.82, 2.24) is 4.98 Å². The summed E-state index contributed by atoms with van der Waals surface area (Å²) in [6.45, 7) is 7.99. The fourth-order valence-corrected chi connectivity index (χ4v) is 3.41. The van der Waals surface area contributed by atoms with E-state index in [2.05, 4.69) is 57.0 Å². The third-order valence-corrected chi connectivity index (χ3v) is 5.02. The highest BCUT2D eigenvalue weighted by Gasteiger charge is 2.17. The van der Waals surface area contributed by atoms with Gasteiger partial charge in [0.2, 0.25) is 0 Å². The molecule has 1 aromatic carbocycles. The van der Waals surface area contributed by atoms with E-state index in [-0.39, 0.29) is 0 Å². The summed E-state index contributed by atoms with van der Waals surface area (Å²) in [4.78, 5) is 8.27. The highest BCUT2D eigenvalue weighted by molar-refractivity contribution is 7.15. The number of hydrogen-bond acceptors (Lipinski definition) is 4. The van der Waals surface area contributed by atoms with Gasteiger partial charge in [-0.2, -0.15) is 0 Å². The first kappa shape index (κ1) is 16.0. The zero-order chi connectivity index (χ0) is 15.4. The van der Waals surface area contributed by atoms with Crippen LogP contribution >= 0.6 is 11.3 Å². The zero-order valence-electron chi connectivity index (χ0n) is 13.4. The fraction of sp³-hybridized carbons (Fsp3) is 0.471. The monoisotopic (exact) mass is 303 g/mol. The van der Waals surface area contributed by atoms with E-state index in [4.69, 9.17) is 10.7 Å². The third-order valence-electron chi connectivity index (χ3n) is 3.81. The second-order valence-corrected chi connectivity index (χ2v) is 6.73. The average Bonchev–Trinajstić information content (AvgIpc) is 2.90. The molecule has 1 unspecified atom stereocenters. The van der Waals surface area contributed by atoms with Crippen LogP contribution in [0.4, 0.5) is 5.13 Å². The van der Waals surface area contributed by atoms with E-state index >= 15 is 0 Å². The molecular formula is C17H25N3S. The Labute approximate surface area is 131 Å². The van der Waals surface area contributed by atoms with E-state index in [0.717, 1.165) is 18.1 Å². The fourth-order valence-electron chi connectivity index (χ4n) is 2.39. The smallest absolute Gasteiger partial charge is 0.185 e. The third kappa shape index (κ3) is 3.83. The van der Waals surface area contributed by atoms with Crippen LogP contribution in [0.1, 0.15) is 47.9 Å². The molecule has 1 heterocycles. The molecule has 0 spiro atoms. The Balaban J connectivity index is 2.19. The number of nitrogens with zero attached hydrogens (tertiary/aromatic N) is 2. The molecule has 0 radical (unpaired) electrons. The zero-order valence-corrected chi connectivity index (χ0v) is 14.2. The van der Waals surface area contributed by atoms with Gasteiger partial charge < -0.3 is 10.6 Å². The van der Waals surface area contributed by atoms with Crippen molar-refractivity contribution >= 4 is 16.5 Å². The first-order chi connectivity index (χ1) is 10.0. The van der Waals surface area contributed by atoms with Gasteiger partial charge in [0.15, 0.2) is 5.13 Å². The van der Waals surface area contributed by atoms with Crippen molar-refractivity contribution in [3.63, 3.8) is 0 Å². The van der Waals surface area contributed by atoms with Crippen LogP contribution < -0.4 is 10.6 Å². The first-order valence-corrected chi connectivity index (χ1v) is 8.33. The number of aromatic nitrogens is 1. The second-order valence-electron chi connectivity index (χ2n) is 5.66. The van der Waals surface area contributed by atoms with Crippen LogP contribution in [-0.4, -0.2) is 12.0 Å². The lowest BCUT2D eigenvalue weighted by atomic mass is 10.0. The number of benzene rings is 1. The van der Waals surface area contributed by atoms with Crippen molar-refractivity contribution in [2.45, 2.75) is 46.2 Å². The van der Waals surface area contributed by atoms with Crippen molar-refractivity contribution in [3.05, 3.63) is 46.0 Å². The molecule has 2 aromatic rings. The van der Waals surface area contributed by atoms with Crippen LogP contribution in [0, 0.1) is 6.92 Å². The second kappa shape index (κ2) is 7.05. The molecule has 0 saturated carbocycles. The lowest BCUT2D eigenvalue weighted by Gasteiger charge is -2.16. The molecule has 0 fully saturated rings. The van der Waals surface area contributed by atoms with E-state index in [9.17, 15) is 0 Å². The summed E-state index contributed by atoms with van der Waals surface area (Å²) >= 11 is 1.72. The molecule has 3 nitrogen and oxygen atoms in total. The molecule has 4 heteroatoms. The normalized spacial score (nSPS) is 12.4. The molecule has 2 N–H and O–H groups in total. The van der Waals surface area contributed by atoms with Gasteiger partial charge in [0.1, 0.15) is 0 Å². The number of anilines is 1. The summed E-state index contributed by atoms with van der Waals surface area (Å²) in [5, 5.41) is 1.06. The molecule has 0 aliphatic carbocycles. The predicted octanol–water partition coefficient (Wildman–Crippen LogP) is 4.06. The summed E-state index contributed by atoms with van der Waals surface area (Å²) in [7, 11) is 2.10. The molecule has 114 valence electrons. The largest absolute Gasteiger partial charge is 0.347 e. The van der Waals surface area contributed by atoms with Crippen molar-refractivity contribution in [2.24, 2.45) is 5.73 Å². The highest BCUT2D eigenvalue weighted by Crippen LogP contribution is 2.32. The lowest BCUT2D eigenvalue weighted by molar-refractivity contribution is 0.702. The van der Waals surface area contributed by atoms with Crippen molar-refractivity contribution in [2.75, 3.05) is 11.9 Å². The van der Waals surface area contributed by atoms with Gasteiger partial charge in [-0.05, 0) is 24.8 Å². The number of nitrogens with two attached hydrogens (primary N) is 1. The number of hydrogen-bond donors (Lipinski definition) is 1.